The quantitative estimate of drug-likeness (QED) is 0.360. The van der Waals surface area contributed by atoms with Crippen molar-refractivity contribution in [2.75, 3.05) is 6.61 Å². The van der Waals surface area contributed by atoms with Crippen LogP contribution >= 0.6 is 0 Å². The predicted octanol–water partition coefficient (Wildman–Crippen LogP) is 2.77. The van der Waals surface area contributed by atoms with Gasteiger partial charge in [-0.15, -0.1) is 0 Å². The molecule has 0 heterocycles. The third kappa shape index (κ3) is 3.09. The summed E-state index contributed by atoms with van der Waals surface area (Å²) in [6.45, 7) is 1.34. The van der Waals surface area contributed by atoms with Gasteiger partial charge in [-0.1, -0.05) is 12.1 Å². The minimum absolute atomic E-state index is 0.103. The van der Waals surface area contributed by atoms with Crippen molar-refractivity contribution >= 4 is 17.5 Å². The van der Waals surface area contributed by atoms with Crippen molar-refractivity contribution in [3.05, 3.63) is 45.8 Å². The molecule has 0 radical (unpaired) electrons. The number of carbonyl (C=O) groups excluding carboxylic acids is 1. The Balaban J connectivity index is 3.13. The Hall–Kier alpha value is -2.31. The topological polar surface area (TPSA) is 69.4 Å². The van der Waals surface area contributed by atoms with Crippen LogP contribution in [0.5, 0.6) is 0 Å². The molecular weight excluding hydrogens is 248 g/mol. The molecule has 0 aliphatic rings. The van der Waals surface area contributed by atoms with E-state index in [2.05, 4.69) is 4.74 Å². The molecule has 0 unspecified atom stereocenters. The number of hydrogen-bond acceptors (Lipinski definition) is 4. The predicted molar refractivity (Wildman–Crippen MR) is 58.9 cm³/mol. The zero-order valence-electron chi connectivity index (χ0n) is 9.35. The average molecular weight is 257 g/mol. The average Bonchev–Trinajstić information content (AvgIpc) is 2.37. The first-order valence-electron chi connectivity index (χ1n) is 4.94. The molecule has 0 N–H and O–H groups in total. The minimum Gasteiger partial charge on any atom is -0.461 e. The van der Waals surface area contributed by atoms with Gasteiger partial charge in [-0.2, -0.15) is 4.39 Å². The van der Waals surface area contributed by atoms with Crippen molar-refractivity contribution < 1.29 is 23.2 Å². The molecule has 0 atom stereocenters. The van der Waals surface area contributed by atoms with Crippen molar-refractivity contribution in [1.29, 1.82) is 0 Å². The van der Waals surface area contributed by atoms with E-state index in [0.29, 0.717) is 0 Å². The third-order valence-corrected chi connectivity index (χ3v) is 1.96. The molecule has 0 aliphatic heterocycles. The van der Waals surface area contributed by atoms with E-state index in [0.717, 1.165) is 18.2 Å². The summed E-state index contributed by atoms with van der Waals surface area (Å²) in [5, 5.41) is 10.5. The van der Waals surface area contributed by atoms with Gasteiger partial charge in [0.1, 0.15) is 0 Å². The molecule has 18 heavy (non-hydrogen) atoms. The number of non-ortho nitro benzene ring substituents is 1. The highest BCUT2D eigenvalue weighted by atomic mass is 19.2. The van der Waals surface area contributed by atoms with E-state index in [-0.39, 0.29) is 6.61 Å². The van der Waals surface area contributed by atoms with Gasteiger partial charge in [0, 0.05) is 17.7 Å². The van der Waals surface area contributed by atoms with Crippen molar-refractivity contribution in [2.45, 2.75) is 6.92 Å². The van der Waals surface area contributed by atoms with E-state index in [9.17, 15) is 23.7 Å². The zero-order valence-corrected chi connectivity index (χ0v) is 9.35. The van der Waals surface area contributed by atoms with E-state index < -0.39 is 33.8 Å². The number of halogens is 2. The van der Waals surface area contributed by atoms with Gasteiger partial charge in [-0.05, 0) is 6.92 Å². The van der Waals surface area contributed by atoms with E-state index in [4.69, 9.17) is 0 Å². The Morgan fingerprint density at radius 2 is 2.11 bits per heavy atom. The van der Waals surface area contributed by atoms with Crippen LogP contribution in [-0.2, 0) is 9.53 Å². The molecule has 1 aromatic carbocycles. The number of hydrogen-bond donors (Lipinski definition) is 0. The minimum atomic E-state index is -1.71. The first-order valence-corrected chi connectivity index (χ1v) is 4.94. The molecular formula is C11H9F2NO4. The lowest BCUT2D eigenvalue weighted by molar-refractivity contribution is -0.384. The van der Waals surface area contributed by atoms with Gasteiger partial charge in [0.25, 0.3) is 5.69 Å². The second-order valence-electron chi connectivity index (χ2n) is 3.16. The molecule has 1 rings (SSSR count). The number of carbonyl (C=O) groups is 1. The summed E-state index contributed by atoms with van der Waals surface area (Å²) in [6.07, 6.45) is 0. The molecule has 0 saturated carbocycles. The summed E-state index contributed by atoms with van der Waals surface area (Å²) in [5.74, 6) is -4.64. The number of esters is 1. The second-order valence-corrected chi connectivity index (χ2v) is 3.16. The summed E-state index contributed by atoms with van der Waals surface area (Å²) in [7, 11) is 0. The molecule has 0 amide bonds. The molecule has 0 saturated heterocycles. The van der Waals surface area contributed by atoms with Gasteiger partial charge >= 0.3 is 5.97 Å². The molecule has 96 valence electrons. The number of nitro benzene ring substituents is 1. The van der Waals surface area contributed by atoms with Crippen molar-refractivity contribution in [2.24, 2.45) is 0 Å². The maximum absolute atomic E-state index is 13.5. The van der Waals surface area contributed by atoms with E-state index in [1.54, 1.807) is 0 Å². The van der Waals surface area contributed by atoms with Crippen LogP contribution in [0, 0.1) is 10.1 Å². The monoisotopic (exact) mass is 257 g/mol. The zero-order chi connectivity index (χ0) is 13.7. The lowest BCUT2D eigenvalue weighted by atomic mass is 10.1. The fourth-order valence-electron chi connectivity index (χ4n) is 1.17. The summed E-state index contributed by atoms with van der Waals surface area (Å²) >= 11 is 0. The Morgan fingerprint density at radius 1 is 1.44 bits per heavy atom. The fourth-order valence-corrected chi connectivity index (χ4v) is 1.17. The van der Waals surface area contributed by atoms with Crippen molar-refractivity contribution in [3.8, 4) is 0 Å². The number of nitro groups is 1. The van der Waals surface area contributed by atoms with Crippen LogP contribution in [0.1, 0.15) is 12.5 Å². The molecule has 0 spiro atoms. The Morgan fingerprint density at radius 3 is 2.67 bits per heavy atom. The molecule has 1 aromatic rings. The second kappa shape index (κ2) is 5.85. The standard InChI is InChI=1S/C11H9F2NO4/c1-2-18-11(15)10(13)9(12)7-4-3-5-8(6-7)14(16)17/h3-6H,2H2,1H3. The van der Waals surface area contributed by atoms with Gasteiger partial charge < -0.3 is 4.74 Å². The van der Waals surface area contributed by atoms with Crippen LogP contribution in [0.3, 0.4) is 0 Å². The third-order valence-electron chi connectivity index (χ3n) is 1.96. The normalized spacial score (nSPS) is 11.7. The van der Waals surface area contributed by atoms with Crippen LogP contribution in [-0.4, -0.2) is 17.5 Å². The molecule has 0 bridgehead atoms. The molecule has 5 nitrogen and oxygen atoms in total. The van der Waals surface area contributed by atoms with Crippen LogP contribution in [0.25, 0.3) is 5.83 Å². The first kappa shape index (κ1) is 13.8. The molecule has 0 fully saturated rings. The summed E-state index contributed by atoms with van der Waals surface area (Å²) < 4.78 is 31.1. The van der Waals surface area contributed by atoms with Crippen LogP contribution in [0.15, 0.2) is 30.1 Å². The Bertz CT molecular complexity index is 514. The van der Waals surface area contributed by atoms with Gasteiger partial charge in [0.2, 0.25) is 5.83 Å². The van der Waals surface area contributed by atoms with Crippen LogP contribution in [0.2, 0.25) is 0 Å². The smallest absolute Gasteiger partial charge is 0.370 e. The van der Waals surface area contributed by atoms with E-state index in [1.807, 2.05) is 0 Å². The van der Waals surface area contributed by atoms with Crippen LogP contribution in [0.4, 0.5) is 14.5 Å². The van der Waals surface area contributed by atoms with E-state index in [1.165, 1.54) is 13.0 Å². The molecule has 0 aromatic heterocycles. The maximum atomic E-state index is 13.5. The van der Waals surface area contributed by atoms with Crippen molar-refractivity contribution in [3.63, 3.8) is 0 Å². The van der Waals surface area contributed by atoms with Crippen molar-refractivity contribution in [1.82, 2.24) is 0 Å². The lowest BCUT2D eigenvalue weighted by Crippen LogP contribution is -2.05. The Labute approximate surface area is 101 Å². The largest absolute Gasteiger partial charge is 0.461 e. The summed E-state index contributed by atoms with van der Waals surface area (Å²) in [5.41, 5.74) is -0.797. The summed E-state index contributed by atoms with van der Waals surface area (Å²) in [6, 6.07) is 4.25. The number of benzene rings is 1. The highest BCUT2D eigenvalue weighted by Crippen LogP contribution is 2.25. The number of rotatable bonds is 4. The van der Waals surface area contributed by atoms with Crippen LogP contribution < -0.4 is 0 Å². The van der Waals surface area contributed by atoms with Gasteiger partial charge in [0.05, 0.1) is 11.5 Å². The summed E-state index contributed by atoms with van der Waals surface area (Å²) in [4.78, 5) is 20.7. The maximum Gasteiger partial charge on any atom is 0.370 e. The SMILES string of the molecule is CCOC(=O)C(F)=C(F)c1cccc([N+](=O)[O-])c1. The van der Waals surface area contributed by atoms with Gasteiger partial charge in [0.15, 0.2) is 5.83 Å². The van der Waals surface area contributed by atoms with Gasteiger partial charge in [-0.3, -0.25) is 10.1 Å². The highest BCUT2D eigenvalue weighted by Gasteiger charge is 2.19. The molecule has 7 heteroatoms. The number of nitrogens with zero attached hydrogens (tertiary/aromatic N) is 1. The van der Waals surface area contributed by atoms with E-state index >= 15 is 0 Å². The van der Waals surface area contributed by atoms with Gasteiger partial charge in [-0.25, -0.2) is 9.18 Å². The fraction of sp³-hybridized carbons (Fsp3) is 0.182. The highest BCUT2D eigenvalue weighted by molar-refractivity contribution is 5.93. The number of ether oxygens (including phenoxy) is 1. The Kier molecular flexibility index (Phi) is 4.47. The molecule has 0 aliphatic carbocycles. The first-order chi connectivity index (χ1) is 8.47. The lowest BCUT2D eigenvalue weighted by Gasteiger charge is -2.01.